The molecule has 1 aliphatic heterocycles. The summed E-state index contributed by atoms with van der Waals surface area (Å²) in [6.45, 7) is -0.294. The van der Waals surface area contributed by atoms with Crippen molar-refractivity contribution in [1.29, 1.82) is 0 Å². The van der Waals surface area contributed by atoms with E-state index in [0.29, 0.717) is 0 Å². The molecule has 1 N–H and O–H groups in total. The fraction of sp³-hybridized carbons (Fsp3) is 0.200. The number of imide groups is 1. The number of benzene rings is 1. The van der Waals surface area contributed by atoms with Gasteiger partial charge in [0, 0.05) is 6.54 Å². The molecule has 7 nitrogen and oxygen atoms in total. The number of rotatable bonds is 4. The first kappa shape index (κ1) is 16.9. The third kappa shape index (κ3) is 3.92. The Labute approximate surface area is 152 Å². The summed E-state index contributed by atoms with van der Waals surface area (Å²) in [5, 5.41) is 0.718. The number of hydrogen-bond donors (Lipinski definition) is 1. The normalized spacial score (nSPS) is 14.3. The number of fused-ring (bicyclic) bond motifs is 1. The summed E-state index contributed by atoms with van der Waals surface area (Å²) in [6, 6.07) is 6.24. The predicted octanol–water partition coefficient (Wildman–Crippen LogP) is -3.66. The molecule has 2 amide bonds. The van der Waals surface area contributed by atoms with Crippen LogP contribution in [0.2, 0.25) is 0 Å². The van der Waals surface area contributed by atoms with Crippen LogP contribution in [0.15, 0.2) is 24.3 Å². The van der Waals surface area contributed by atoms with Gasteiger partial charge < -0.3 is 4.55 Å². The Hall–Kier alpha value is -0.134. The van der Waals surface area contributed by atoms with Crippen LogP contribution >= 0.6 is 0 Å². The quantitative estimate of drug-likeness (QED) is 0.349. The fourth-order valence-electron chi connectivity index (χ4n) is 1.62. The van der Waals surface area contributed by atoms with Crippen molar-refractivity contribution < 1.29 is 73.9 Å². The molecule has 19 heavy (non-hydrogen) atoms. The summed E-state index contributed by atoms with van der Waals surface area (Å²) in [4.78, 5) is 23.6. The number of nitrogens with zero attached hydrogens (tertiary/aromatic N) is 1. The minimum atomic E-state index is -4.38. The van der Waals surface area contributed by atoms with Crippen molar-refractivity contribution in [3.05, 3.63) is 35.4 Å². The van der Waals surface area contributed by atoms with Crippen LogP contribution in [-0.4, -0.2) is 42.1 Å². The van der Waals surface area contributed by atoms with Crippen LogP contribution in [0.25, 0.3) is 0 Å². The Morgan fingerprint density at radius 1 is 1.11 bits per heavy atom. The third-order valence-corrected chi connectivity index (χ3v) is 3.12. The smallest absolute Gasteiger partial charge is 0.748 e. The molecule has 0 saturated heterocycles. The molecule has 1 aromatic carbocycles. The van der Waals surface area contributed by atoms with E-state index >= 15 is 0 Å². The first-order valence-corrected chi connectivity index (χ1v) is 6.63. The van der Waals surface area contributed by atoms with Crippen molar-refractivity contribution >= 4 is 21.9 Å². The van der Waals surface area contributed by atoms with Gasteiger partial charge in [-0.15, -0.1) is 0 Å². The van der Waals surface area contributed by atoms with Crippen LogP contribution in [0, 0.1) is 0 Å². The SMILES string of the molecule is O=C1c2ccccc2C(=O)N1NCCS(=O)(=O)[O-].[K+]. The first-order chi connectivity index (χ1) is 8.40. The molecule has 0 bridgehead atoms. The van der Waals surface area contributed by atoms with E-state index in [-0.39, 0.29) is 69.1 Å². The number of hydrazine groups is 1. The molecule has 0 atom stereocenters. The van der Waals surface area contributed by atoms with Gasteiger partial charge in [0.25, 0.3) is 11.8 Å². The summed E-state index contributed by atoms with van der Waals surface area (Å²) in [5.74, 6) is -1.81. The molecule has 0 spiro atoms. The second kappa shape index (κ2) is 6.55. The van der Waals surface area contributed by atoms with Gasteiger partial charge in [0.05, 0.1) is 27.0 Å². The molecule has 0 radical (unpaired) electrons. The number of amides is 2. The van der Waals surface area contributed by atoms with Crippen molar-refractivity contribution in [2.75, 3.05) is 12.3 Å². The molecule has 96 valence electrons. The van der Waals surface area contributed by atoms with Crippen LogP contribution < -0.4 is 56.8 Å². The second-order valence-corrected chi connectivity index (χ2v) is 5.18. The van der Waals surface area contributed by atoms with Gasteiger partial charge >= 0.3 is 51.4 Å². The molecule has 1 aromatic rings. The summed E-state index contributed by atoms with van der Waals surface area (Å²) < 4.78 is 31.2. The Morgan fingerprint density at radius 2 is 1.58 bits per heavy atom. The molecule has 2 rings (SSSR count). The van der Waals surface area contributed by atoms with Crippen molar-refractivity contribution in [2.24, 2.45) is 0 Å². The Morgan fingerprint density at radius 3 is 2.00 bits per heavy atom. The first-order valence-electron chi connectivity index (χ1n) is 5.05. The van der Waals surface area contributed by atoms with Gasteiger partial charge in [-0.3, -0.25) is 9.59 Å². The Kier molecular flexibility index (Phi) is 5.83. The average molecular weight is 308 g/mol. The van der Waals surface area contributed by atoms with Crippen molar-refractivity contribution in [3.63, 3.8) is 0 Å². The van der Waals surface area contributed by atoms with Crippen LogP contribution in [0.3, 0.4) is 0 Å². The maximum Gasteiger partial charge on any atom is 1.00 e. The minimum absolute atomic E-state index is 0. The zero-order chi connectivity index (χ0) is 13.3. The van der Waals surface area contributed by atoms with Gasteiger partial charge in [0.2, 0.25) is 0 Å². The van der Waals surface area contributed by atoms with Crippen molar-refractivity contribution in [2.45, 2.75) is 0 Å². The van der Waals surface area contributed by atoms with E-state index in [1.54, 1.807) is 12.1 Å². The van der Waals surface area contributed by atoms with E-state index in [9.17, 15) is 22.6 Å². The van der Waals surface area contributed by atoms with E-state index in [1.807, 2.05) is 0 Å². The second-order valence-electron chi connectivity index (χ2n) is 3.66. The number of carbonyl (C=O) groups is 2. The topological polar surface area (TPSA) is 107 Å². The maximum atomic E-state index is 11.8. The Bertz CT molecular complexity index is 581. The van der Waals surface area contributed by atoms with Crippen molar-refractivity contribution in [3.8, 4) is 0 Å². The van der Waals surface area contributed by atoms with Crippen LogP contribution in [0.5, 0.6) is 0 Å². The molecule has 0 unspecified atom stereocenters. The van der Waals surface area contributed by atoms with Gasteiger partial charge in [-0.25, -0.2) is 18.9 Å². The minimum Gasteiger partial charge on any atom is -0.748 e. The summed E-state index contributed by atoms with van der Waals surface area (Å²) >= 11 is 0. The van der Waals surface area contributed by atoms with E-state index < -0.39 is 27.7 Å². The standard InChI is InChI=1S/C10H10N2O5S.K/c13-9-7-3-1-2-4-8(7)10(14)12(9)11-5-6-18(15,16)17;/h1-4,11H,5-6H2,(H,15,16,17);/q;+1/p-1. The third-order valence-electron chi connectivity index (χ3n) is 2.42. The molecular formula is C10H9KN2O5S. The zero-order valence-electron chi connectivity index (χ0n) is 10.1. The van der Waals surface area contributed by atoms with Gasteiger partial charge in [-0.2, -0.15) is 0 Å². The monoisotopic (exact) mass is 308 g/mol. The predicted molar refractivity (Wildman–Crippen MR) is 59.5 cm³/mol. The van der Waals surface area contributed by atoms with E-state index in [2.05, 4.69) is 5.43 Å². The van der Waals surface area contributed by atoms with Gasteiger partial charge in [0.1, 0.15) is 0 Å². The van der Waals surface area contributed by atoms with E-state index in [1.165, 1.54) is 12.1 Å². The summed E-state index contributed by atoms with van der Waals surface area (Å²) in [6.07, 6.45) is 0. The van der Waals surface area contributed by atoms with Gasteiger partial charge in [-0.05, 0) is 12.1 Å². The number of hydrogen-bond acceptors (Lipinski definition) is 6. The number of carbonyl (C=O) groups excluding carboxylic acids is 2. The van der Waals surface area contributed by atoms with Crippen molar-refractivity contribution in [1.82, 2.24) is 10.4 Å². The van der Waals surface area contributed by atoms with Gasteiger partial charge in [-0.1, -0.05) is 12.1 Å². The largest absolute Gasteiger partial charge is 1.00 e. The molecule has 0 saturated carbocycles. The van der Waals surface area contributed by atoms with E-state index in [4.69, 9.17) is 0 Å². The Balaban J connectivity index is 0.00000180. The molecule has 1 heterocycles. The molecule has 0 aromatic heterocycles. The number of nitrogens with one attached hydrogen (secondary N) is 1. The average Bonchev–Trinajstić information content (AvgIpc) is 2.53. The molecular weight excluding hydrogens is 299 g/mol. The molecule has 1 aliphatic rings. The maximum absolute atomic E-state index is 11.8. The zero-order valence-corrected chi connectivity index (χ0v) is 14.1. The molecule has 9 heteroatoms. The fourth-order valence-corrected chi connectivity index (χ4v) is 1.96. The summed E-state index contributed by atoms with van der Waals surface area (Å²) in [5.41, 5.74) is 2.84. The van der Waals surface area contributed by atoms with Crippen LogP contribution in [0.4, 0.5) is 0 Å². The molecule has 0 fully saturated rings. The van der Waals surface area contributed by atoms with Gasteiger partial charge in [0.15, 0.2) is 0 Å². The summed E-state index contributed by atoms with van der Waals surface area (Å²) in [7, 11) is -4.38. The van der Waals surface area contributed by atoms with Crippen LogP contribution in [0.1, 0.15) is 20.7 Å². The van der Waals surface area contributed by atoms with Crippen LogP contribution in [-0.2, 0) is 10.1 Å². The molecule has 0 aliphatic carbocycles. The van der Waals surface area contributed by atoms with E-state index in [0.717, 1.165) is 5.01 Å².